The Morgan fingerprint density at radius 3 is 2.79 bits per heavy atom. The van der Waals surface area contributed by atoms with Crippen LogP contribution in [-0.2, 0) is 6.42 Å². The van der Waals surface area contributed by atoms with Gasteiger partial charge in [0, 0.05) is 22.2 Å². The number of ketones is 1. The van der Waals surface area contributed by atoms with Gasteiger partial charge in [-0.25, -0.2) is 0 Å². The highest BCUT2D eigenvalue weighted by molar-refractivity contribution is 9.09. The van der Waals surface area contributed by atoms with Crippen molar-refractivity contribution in [1.29, 1.82) is 0 Å². The second-order valence-electron chi connectivity index (χ2n) is 3.02. The maximum Gasteiger partial charge on any atom is 0.164 e. The first-order valence-electron chi connectivity index (χ1n) is 4.60. The fraction of sp³-hybridized carbons (Fsp3) is 0.364. The first kappa shape index (κ1) is 11.8. The maximum absolute atomic E-state index is 11.7. The van der Waals surface area contributed by atoms with Crippen molar-refractivity contribution >= 4 is 34.3 Å². The monoisotopic (exact) mass is 272 g/mol. The van der Waals surface area contributed by atoms with Crippen LogP contribution in [0.5, 0.6) is 0 Å². The van der Waals surface area contributed by atoms with Gasteiger partial charge in [-0.1, -0.05) is 35.0 Å². The molecule has 14 heavy (non-hydrogen) atoms. The molecule has 1 rings (SSSR count). The van der Waals surface area contributed by atoms with Crippen molar-refractivity contribution in [2.24, 2.45) is 0 Å². The van der Waals surface area contributed by atoms with Crippen LogP contribution in [0.1, 0.15) is 29.3 Å². The Morgan fingerprint density at radius 1 is 1.50 bits per heavy atom. The standard InChI is InChI=1S/C11H13BrOS/c1-2-8-9(10(13)6-7-12)4-3-5-11(8)14/h3-5,14H,2,6-7H2,1H3. The minimum absolute atomic E-state index is 0.189. The summed E-state index contributed by atoms with van der Waals surface area (Å²) in [4.78, 5) is 12.6. The summed E-state index contributed by atoms with van der Waals surface area (Å²) < 4.78 is 0. The predicted octanol–water partition coefficient (Wildman–Crippen LogP) is 3.51. The number of carbonyl (C=O) groups is 1. The van der Waals surface area contributed by atoms with E-state index in [9.17, 15) is 4.79 Å². The van der Waals surface area contributed by atoms with Crippen LogP contribution in [0.4, 0.5) is 0 Å². The summed E-state index contributed by atoms with van der Waals surface area (Å²) in [6, 6.07) is 5.68. The first-order chi connectivity index (χ1) is 6.70. The topological polar surface area (TPSA) is 17.1 Å². The number of thiol groups is 1. The van der Waals surface area contributed by atoms with E-state index in [1.165, 1.54) is 0 Å². The van der Waals surface area contributed by atoms with Gasteiger partial charge in [-0.3, -0.25) is 4.79 Å². The Morgan fingerprint density at radius 2 is 2.21 bits per heavy atom. The van der Waals surface area contributed by atoms with Crippen LogP contribution in [0.2, 0.25) is 0 Å². The van der Waals surface area contributed by atoms with Gasteiger partial charge in [0.2, 0.25) is 0 Å². The molecule has 0 N–H and O–H groups in total. The number of halogens is 1. The third-order valence-corrected chi connectivity index (χ3v) is 2.94. The lowest BCUT2D eigenvalue weighted by Crippen LogP contribution is -2.04. The van der Waals surface area contributed by atoms with Gasteiger partial charge in [0.05, 0.1) is 0 Å². The predicted molar refractivity (Wildman–Crippen MR) is 65.8 cm³/mol. The Labute approximate surface area is 98.4 Å². The number of Topliss-reactive ketones (excluding diaryl/α,β-unsaturated/α-hetero) is 1. The summed E-state index contributed by atoms with van der Waals surface area (Å²) >= 11 is 7.62. The molecule has 0 heterocycles. The van der Waals surface area contributed by atoms with Crippen LogP contribution in [0.15, 0.2) is 23.1 Å². The lowest BCUT2D eigenvalue weighted by Gasteiger charge is -2.08. The zero-order chi connectivity index (χ0) is 10.6. The average Bonchev–Trinajstić information content (AvgIpc) is 2.17. The van der Waals surface area contributed by atoms with Crippen LogP contribution < -0.4 is 0 Å². The summed E-state index contributed by atoms with van der Waals surface area (Å²) in [5.74, 6) is 0.189. The fourth-order valence-electron chi connectivity index (χ4n) is 1.43. The fourth-order valence-corrected chi connectivity index (χ4v) is 2.15. The molecule has 1 aromatic rings. The lowest BCUT2D eigenvalue weighted by atomic mass is 10.0. The largest absolute Gasteiger partial charge is 0.294 e. The van der Waals surface area contributed by atoms with Gasteiger partial charge in [0.1, 0.15) is 0 Å². The highest BCUT2D eigenvalue weighted by Gasteiger charge is 2.10. The molecule has 1 aromatic carbocycles. The van der Waals surface area contributed by atoms with E-state index < -0.39 is 0 Å². The number of hydrogen-bond acceptors (Lipinski definition) is 2. The van der Waals surface area contributed by atoms with Gasteiger partial charge >= 0.3 is 0 Å². The number of benzene rings is 1. The van der Waals surface area contributed by atoms with Crippen LogP contribution in [0.3, 0.4) is 0 Å². The Bertz CT molecular complexity index is 336. The molecule has 0 spiro atoms. The summed E-state index contributed by atoms with van der Waals surface area (Å²) in [5, 5.41) is 0.714. The Balaban J connectivity index is 3.07. The van der Waals surface area contributed by atoms with E-state index in [-0.39, 0.29) is 5.78 Å². The third-order valence-electron chi connectivity index (χ3n) is 2.13. The Kier molecular flexibility index (Phi) is 4.69. The highest BCUT2D eigenvalue weighted by Crippen LogP contribution is 2.20. The number of hydrogen-bond donors (Lipinski definition) is 1. The van der Waals surface area contributed by atoms with Crippen LogP contribution in [0, 0.1) is 0 Å². The molecule has 0 amide bonds. The highest BCUT2D eigenvalue weighted by atomic mass is 79.9. The SMILES string of the molecule is CCc1c(S)cccc1C(=O)CCBr. The van der Waals surface area contributed by atoms with Crippen molar-refractivity contribution in [3.8, 4) is 0 Å². The Hall–Kier alpha value is -0.280. The molecule has 0 fully saturated rings. The second-order valence-corrected chi connectivity index (χ2v) is 4.29. The molecule has 0 saturated heterocycles. The molecule has 1 nitrogen and oxygen atoms in total. The van der Waals surface area contributed by atoms with Gasteiger partial charge in [0.25, 0.3) is 0 Å². The smallest absolute Gasteiger partial charge is 0.164 e. The van der Waals surface area contributed by atoms with Gasteiger partial charge in [0.15, 0.2) is 5.78 Å². The van der Waals surface area contributed by atoms with E-state index in [1.807, 2.05) is 25.1 Å². The molecule has 0 aliphatic heterocycles. The molecule has 0 unspecified atom stereocenters. The number of carbonyl (C=O) groups excluding carboxylic acids is 1. The summed E-state index contributed by atoms with van der Waals surface area (Å²) in [7, 11) is 0. The molecule has 0 aromatic heterocycles. The molecule has 0 saturated carbocycles. The normalized spacial score (nSPS) is 10.2. The summed E-state index contributed by atoms with van der Waals surface area (Å²) in [6.45, 7) is 2.04. The zero-order valence-electron chi connectivity index (χ0n) is 8.09. The van der Waals surface area contributed by atoms with Gasteiger partial charge in [-0.15, -0.1) is 12.6 Å². The second kappa shape index (κ2) is 5.56. The summed E-state index contributed by atoms with van der Waals surface area (Å²) in [5.41, 5.74) is 1.88. The molecule has 0 atom stereocenters. The molecular formula is C11H13BrOS. The molecule has 0 aliphatic rings. The van der Waals surface area contributed by atoms with Crippen LogP contribution in [0.25, 0.3) is 0 Å². The van der Waals surface area contributed by atoms with Crippen molar-refractivity contribution in [3.05, 3.63) is 29.3 Å². The van der Waals surface area contributed by atoms with Crippen molar-refractivity contribution in [2.75, 3.05) is 5.33 Å². The van der Waals surface area contributed by atoms with E-state index >= 15 is 0 Å². The third kappa shape index (κ3) is 2.61. The lowest BCUT2D eigenvalue weighted by molar-refractivity contribution is 0.0988. The molecular weight excluding hydrogens is 260 g/mol. The molecule has 0 aliphatic carbocycles. The van der Waals surface area contributed by atoms with E-state index in [4.69, 9.17) is 0 Å². The molecule has 3 heteroatoms. The van der Waals surface area contributed by atoms with Crippen molar-refractivity contribution in [2.45, 2.75) is 24.7 Å². The van der Waals surface area contributed by atoms with E-state index in [0.717, 1.165) is 22.4 Å². The van der Waals surface area contributed by atoms with Crippen LogP contribution >= 0.6 is 28.6 Å². The first-order valence-corrected chi connectivity index (χ1v) is 6.17. The molecule has 76 valence electrons. The van der Waals surface area contributed by atoms with E-state index in [2.05, 4.69) is 28.6 Å². The molecule has 0 bridgehead atoms. The van der Waals surface area contributed by atoms with E-state index in [0.29, 0.717) is 11.8 Å². The number of rotatable bonds is 4. The van der Waals surface area contributed by atoms with Crippen LogP contribution in [-0.4, -0.2) is 11.1 Å². The minimum atomic E-state index is 0.189. The van der Waals surface area contributed by atoms with Gasteiger partial charge < -0.3 is 0 Å². The van der Waals surface area contributed by atoms with Crippen molar-refractivity contribution in [3.63, 3.8) is 0 Å². The summed E-state index contributed by atoms with van der Waals surface area (Å²) in [6.07, 6.45) is 1.40. The molecule has 0 radical (unpaired) electrons. The number of alkyl halides is 1. The average molecular weight is 273 g/mol. The zero-order valence-corrected chi connectivity index (χ0v) is 10.6. The van der Waals surface area contributed by atoms with Crippen molar-refractivity contribution < 1.29 is 4.79 Å². The van der Waals surface area contributed by atoms with E-state index in [1.54, 1.807) is 0 Å². The minimum Gasteiger partial charge on any atom is -0.294 e. The van der Waals surface area contributed by atoms with Gasteiger partial charge in [-0.05, 0) is 18.1 Å². The van der Waals surface area contributed by atoms with Crippen molar-refractivity contribution in [1.82, 2.24) is 0 Å². The van der Waals surface area contributed by atoms with Gasteiger partial charge in [-0.2, -0.15) is 0 Å². The quantitative estimate of drug-likeness (QED) is 0.504. The maximum atomic E-state index is 11.7.